The van der Waals surface area contributed by atoms with Crippen LogP contribution in [-0.4, -0.2) is 24.2 Å². The fraction of sp³-hybridized carbons (Fsp3) is 0.188. The van der Waals surface area contributed by atoms with Gasteiger partial charge in [-0.15, -0.1) is 0 Å². The SMILES string of the molecule is COc1ccc(-c2nc3ccc(C)cc3[nH]2)c(Br)c1OC. The average Bonchev–Trinajstić information content (AvgIpc) is 2.89. The van der Waals surface area contributed by atoms with E-state index in [4.69, 9.17) is 9.47 Å². The smallest absolute Gasteiger partial charge is 0.175 e. The molecule has 108 valence electrons. The number of nitrogens with one attached hydrogen (secondary N) is 1. The molecule has 1 heterocycles. The summed E-state index contributed by atoms with van der Waals surface area (Å²) in [6.07, 6.45) is 0. The fourth-order valence-corrected chi connectivity index (χ4v) is 3.00. The molecule has 0 saturated carbocycles. The van der Waals surface area contributed by atoms with Gasteiger partial charge in [0.1, 0.15) is 5.82 Å². The summed E-state index contributed by atoms with van der Waals surface area (Å²) in [4.78, 5) is 7.98. The minimum Gasteiger partial charge on any atom is -0.493 e. The molecule has 0 atom stereocenters. The maximum absolute atomic E-state index is 5.41. The zero-order valence-corrected chi connectivity index (χ0v) is 13.6. The quantitative estimate of drug-likeness (QED) is 0.768. The van der Waals surface area contributed by atoms with Gasteiger partial charge in [0.05, 0.1) is 29.7 Å². The maximum Gasteiger partial charge on any atom is 0.175 e. The number of hydrogen-bond donors (Lipinski definition) is 1. The highest BCUT2D eigenvalue weighted by Gasteiger charge is 2.16. The van der Waals surface area contributed by atoms with E-state index in [1.807, 2.05) is 18.2 Å². The lowest BCUT2D eigenvalue weighted by molar-refractivity contribution is 0.353. The lowest BCUT2D eigenvalue weighted by Crippen LogP contribution is -1.93. The number of halogens is 1. The molecule has 1 aromatic heterocycles. The number of ether oxygens (including phenoxy) is 2. The zero-order chi connectivity index (χ0) is 15.0. The van der Waals surface area contributed by atoms with E-state index < -0.39 is 0 Å². The predicted octanol–water partition coefficient (Wildman–Crippen LogP) is 4.32. The maximum atomic E-state index is 5.41. The molecule has 0 spiro atoms. The van der Waals surface area contributed by atoms with Crippen LogP contribution >= 0.6 is 15.9 Å². The van der Waals surface area contributed by atoms with Gasteiger partial charge in [-0.1, -0.05) is 6.07 Å². The Morgan fingerprint density at radius 1 is 1.10 bits per heavy atom. The summed E-state index contributed by atoms with van der Waals surface area (Å²) in [6.45, 7) is 2.06. The summed E-state index contributed by atoms with van der Waals surface area (Å²) in [6, 6.07) is 9.98. The molecule has 4 nitrogen and oxygen atoms in total. The Hall–Kier alpha value is -2.01. The van der Waals surface area contributed by atoms with Crippen LogP contribution in [0.1, 0.15) is 5.56 Å². The van der Waals surface area contributed by atoms with E-state index in [1.54, 1.807) is 14.2 Å². The lowest BCUT2D eigenvalue weighted by atomic mass is 10.2. The van der Waals surface area contributed by atoms with Gasteiger partial charge < -0.3 is 14.5 Å². The van der Waals surface area contributed by atoms with E-state index in [-0.39, 0.29) is 0 Å². The number of H-pyrrole nitrogens is 1. The van der Waals surface area contributed by atoms with Crippen molar-refractivity contribution in [2.75, 3.05) is 14.2 Å². The molecule has 1 N–H and O–H groups in total. The summed E-state index contributed by atoms with van der Waals surface area (Å²) in [7, 11) is 3.24. The van der Waals surface area contributed by atoms with Crippen molar-refractivity contribution in [3.05, 3.63) is 40.4 Å². The van der Waals surface area contributed by atoms with Crippen molar-refractivity contribution in [3.63, 3.8) is 0 Å². The van der Waals surface area contributed by atoms with Crippen LogP contribution in [0, 0.1) is 6.92 Å². The highest BCUT2D eigenvalue weighted by molar-refractivity contribution is 9.10. The third-order valence-electron chi connectivity index (χ3n) is 3.38. The molecular formula is C16H15BrN2O2. The first-order valence-electron chi connectivity index (χ1n) is 6.51. The highest BCUT2D eigenvalue weighted by atomic mass is 79.9. The minimum atomic E-state index is 0.659. The third-order valence-corrected chi connectivity index (χ3v) is 4.16. The molecule has 0 fully saturated rings. The molecule has 3 rings (SSSR count). The Morgan fingerprint density at radius 2 is 1.90 bits per heavy atom. The van der Waals surface area contributed by atoms with Gasteiger partial charge in [0.25, 0.3) is 0 Å². The number of aromatic nitrogens is 2. The minimum absolute atomic E-state index is 0.659. The summed E-state index contributed by atoms with van der Waals surface area (Å²) >= 11 is 3.58. The van der Waals surface area contributed by atoms with Crippen LogP contribution in [0.25, 0.3) is 22.4 Å². The monoisotopic (exact) mass is 346 g/mol. The molecule has 0 radical (unpaired) electrons. The van der Waals surface area contributed by atoms with Crippen LogP contribution in [0.3, 0.4) is 0 Å². The van der Waals surface area contributed by atoms with Crippen molar-refractivity contribution in [3.8, 4) is 22.9 Å². The summed E-state index contributed by atoms with van der Waals surface area (Å²) < 4.78 is 11.5. The van der Waals surface area contributed by atoms with Crippen molar-refractivity contribution in [1.29, 1.82) is 0 Å². The van der Waals surface area contributed by atoms with Crippen molar-refractivity contribution in [2.24, 2.45) is 0 Å². The van der Waals surface area contributed by atoms with Crippen molar-refractivity contribution >= 4 is 27.0 Å². The van der Waals surface area contributed by atoms with E-state index in [0.29, 0.717) is 11.5 Å². The fourth-order valence-electron chi connectivity index (χ4n) is 2.32. The second kappa shape index (κ2) is 5.41. The van der Waals surface area contributed by atoms with Gasteiger partial charge >= 0.3 is 0 Å². The van der Waals surface area contributed by atoms with Gasteiger partial charge in [0.2, 0.25) is 0 Å². The number of aromatic amines is 1. The largest absolute Gasteiger partial charge is 0.493 e. The second-order valence-electron chi connectivity index (χ2n) is 4.77. The highest BCUT2D eigenvalue weighted by Crippen LogP contribution is 2.41. The van der Waals surface area contributed by atoms with Crippen LogP contribution < -0.4 is 9.47 Å². The van der Waals surface area contributed by atoms with E-state index in [0.717, 1.165) is 26.9 Å². The van der Waals surface area contributed by atoms with E-state index >= 15 is 0 Å². The second-order valence-corrected chi connectivity index (χ2v) is 5.56. The summed E-state index contributed by atoms with van der Waals surface area (Å²) in [5.74, 6) is 2.13. The molecule has 0 aliphatic carbocycles. The Bertz CT molecular complexity index is 811. The average molecular weight is 347 g/mol. The molecule has 5 heteroatoms. The van der Waals surface area contributed by atoms with Crippen molar-refractivity contribution < 1.29 is 9.47 Å². The lowest BCUT2D eigenvalue weighted by Gasteiger charge is -2.11. The van der Waals surface area contributed by atoms with Crippen molar-refractivity contribution in [1.82, 2.24) is 9.97 Å². The van der Waals surface area contributed by atoms with Crippen LogP contribution in [0.15, 0.2) is 34.8 Å². The molecule has 0 aliphatic rings. The zero-order valence-electron chi connectivity index (χ0n) is 12.0. The first-order valence-corrected chi connectivity index (χ1v) is 7.30. The third kappa shape index (κ3) is 2.38. The molecule has 0 amide bonds. The molecule has 0 saturated heterocycles. The number of imidazole rings is 1. The van der Waals surface area contributed by atoms with E-state index in [1.165, 1.54) is 5.56 Å². The molecule has 3 aromatic rings. The van der Waals surface area contributed by atoms with E-state index in [2.05, 4.69) is 45.0 Å². The number of aryl methyl sites for hydroxylation is 1. The standard InChI is InChI=1S/C16H15BrN2O2/c1-9-4-6-11-12(8-9)19-16(18-11)10-5-7-13(20-2)15(21-3)14(10)17/h4-8H,1-3H3,(H,18,19). The van der Waals surface area contributed by atoms with Crippen molar-refractivity contribution in [2.45, 2.75) is 6.92 Å². The Labute approximate surface area is 131 Å². The molecular weight excluding hydrogens is 332 g/mol. The van der Waals surface area contributed by atoms with Gasteiger partial charge in [0.15, 0.2) is 11.5 Å². The molecule has 2 aromatic carbocycles. The number of rotatable bonds is 3. The normalized spacial score (nSPS) is 10.9. The summed E-state index contributed by atoms with van der Waals surface area (Å²) in [5, 5.41) is 0. The number of fused-ring (bicyclic) bond motifs is 1. The first kappa shape index (κ1) is 13.9. The van der Waals surface area contributed by atoms with Crippen LogP contribution in [0.4, 0.5) is 0 Å². The van der Waals surface area contributed by atoms with Crippen LogP contribution in [-0.2, 0) is 0 Å². The first-order chi connectivity index (χ1) is 10.1. The van der Waals surface area contributed by atoms with Gasteiger partial charge in [-0.25, -0.2) is 4.98 Å². The van der Waals surface area contributed by atoms with Gasteiger partial charge in [-0.05, 0) is 52.7 Å². The number of methoxy groups -OCH3 is 2. The summed E-state index contributed by atoms with van der Waals surface area (Å²) in [5.41, 5.74) is 4.09. The molecule has 21 heavy (non-hydrogen) atoms. The number of nitrogens with zero attached hydrogens (tertiary/aromatic N) is 1. The Balaban J connectivity index is 2.18. The molecule has 0 unspecified atom stereocenters. The number of benzene rings is 2. The van der Waals surface area contributed by atoms with Gasteiger partial charge in [-0.2, -0.15) is 0 Å². The van der Waals surface area contributed by atoms with Gasteiger partial charge in [0, 0.05) is 5.56 Å². The Kier molecular flexibility index (Phi) is 3.59. The van der Waals surface area contributed by atoms with E-state index in [9.17, 15) is 0 Å². The topological polar surface area (TPSA) is 47.1 Å². The van der Waals surface area contributed by atoms with Crippen LogP contribution in [0.5, 0.6) is 11.5 Å². The predicted molar refractivity (Wildman–Crippen MR) is 87.1 cm³/mol. The number of hydrogen-bond acceptors (Lipinski definition) is 3. The molecule has 0 aliphatic heterocycles. The Morgan fingerprint density at radius 3 is 2.62 bits per heavy atom. The van der Waals surface area contributed by atoms with Crippen LogP contribution in [0.2, 0.25) is 0 Å². The molecule has 0 bridgehead atoms. The van der Waals surface area contributed by atoms with Gasteiger partial charge in [-0.3, -0.25) is 0 Å².